The van der Waals surface area contributed by atoms with Gasteiger partial charge in [0.1, 0.15) is 12.0 Å². The Hall–Kier alpha value is -1.09. The van der Waals surface area contributed by atoms with Crippen molar-refractivity contribution in [3.8, 4) is 0 Å². The molecule has 2 unspecified atom stereocenters. The Labute approximate surface area is 84.2 Å². The van der Waals surface area contributed by atoms with Gasteiger partial charge in [-0.3, -0.25) is 0 Å². The van der Waals surface area contributed by atoms with E-state index in [1.54, 1.807) is 6.26 Å². The molecule has 1 aliphatic carbocycles. The zero-order valence-electron chi connectivity index (χ0n) is 8.44. The minimum absolute atomic E-state index is 0.265. The van der Waals surface area contributed by atoms with E-state index in [2.05, 4.69) is 29.5 Å². The van der Waals surface area contributed by atoms with Crippen LogP contribution < -0.4 is 5.32 Å². The van der Waals surface area contributed by atoms with E-state index in [-0.39, 0.29) is 6.04 Å². The van der Waals surface area contributed by atoms with E-state index >= 15 is 0 Å². The van der Waals surface area contributed by atoms with E-state index in [0.717, 1.165) is 5.69 Å². The predicted octanol–water partition coefficient (Wildman–Crippen LogP) is 2.43. The molecule has 1 aromatic rings. The maximum atomic E-state index is 4.82. The Morgan fingerprint density at radius 1 is 1.64 bits per heavy atom. The minimum Gasteiger partial charge on any atom is -0.364 e. The monoisotopic (exact) mass is 192 g/mol. The summed E-state index contributed by atoms with van der Waals surface area (Å²) < 4.78 is 4.82. The maximum Gasteiger partial charge on any atom is 0.124 e. The first-order valence-electron chi connectivity index (χ1n) is 5.19. The second kappa shape index (κ2) is 4.42. The molecule has 76 valence electrons. The topological polar surface area (TPSA) is 38.1 Å². The van der Waals surface area contributed by atoms with Crippen molar-refractivity contribution in [2.45, 2.75) is 38.3 Å². The first-order valence-corrected chi connectivity index (χ1v) is 5.19. The fraction of sp³-hybridized carbons (Fsp3) is 0.545. The van der Waals surface area contributed by atoms with Crippen LogP contribution in [0.3, 0.4) is 0 Å². The lowest BCUT2D eigenvalue weighted by Gasteiger charge is -2.21. The molecular formula is C11H16N2O. The summed E-state index contributed by atoms with van der Waals surface area (Å²) in [6.07, 6.45) is 9.83. The summed E-state index contributed by atoms with van der Waals surface area (Å²) in [5.41, 5.74) is 0.976. The van der Waals surface area contributed by atoms with Gasteiger partial charge in [-0.05, 0) is 26.2 Å². The van der Waals surface area contributed by atoms with Gasteiger partial charge in [-0.1, -0.05) is 17.3 Å². The highest BCUT2D eigenvalue weighted by atomic mass is 16.5. The molecule has 0 fully saturated rings. The van der Waals surface area contributed by atoms with Crippen LogP contribution in [-0.4, -0.2) is 11.2 Å². The van der Waals surface area contributed by atoms with Gasteiger partial charge in [0.05, 0.1) is 6.04 Å². The van der Waals surface area contributed by atoms with Crippen LogP contribution in [0.1, 0.15) is 37.9 Å². The van der Waals surface area contributed by atoms with Crippen LogP contribution in [0.2, 0.25) is 0 Å². The Kier molecular flexibility index (Phi) is 2.99. The first-order chi connectivity index (χ1) is 6.86. The summed E-state index contributed by atoms with van der Waals surface area (Å²) in [6, 6.07) is 2.67. The zero-order valence-corrected chi connectivity index (χ0v) is 8.44. The molecule has 0 saturated heterocycles. The molecule has 0 saturated carbocycles. The molecule has 1 N–H and O–H groups in total. The van der Waals surface area contributed by atoms with Crippen LogP contribution in [0.4, 0.5) is 0 Å². The highest BCUT2D eigenvalue weighted by molar-refractivity contribution is 5.05. The lowest BCUT2D eigenvalue weighted by molar-refractivity contribution is 0.389. The Bertz CT molecular complexity index is 292. The van der Waals surface area contributed by atoms with Crippen LogP contribution in [-0.2, 0) is 0 Å². The van der Waals surface area contributed by atoms with Crippen LogP contribution >= 0.6 is 0 Å². The Balaban J connectivity index is 1.91. The third-order valence-corrected chi connectivity index (χ3v) is 2.62. The number of allylic oxidation sites excluding steroid dienone is 1. The third-order valence-electron chi connectivity index (χ3n) is 2.62. The van der Waals surface area contributed by atoms with Gasteiger partial charge in [-0.2, -0.15) is 0 Å². The number of hydrogen-bond donors (Lipinski definition) is 1. The smallest absolute Gasteiger partial charge is 0.124 e. The summed E-state index contributed by atoms with van der Waals surface area (Å²) in [6.45, 7) is 2.11. The third kappa shape index (κ3) is 2.23. The molecule has 0 radical (unpaired) electrons. The molecule has 2 atom stereocenters. The fourth-order valence-corrected chi connectivity index (χ4v) is 1.80. The molecule has 0 amide bonds. The normalized spacial score (nSPS) is 23.6. The lowest BCUT2D eigenvalue weighted by atomic mass is 10.0. The van der Waals surface area contributed by atoms with Gasteiger partial charge in [0.15, 0.2) is 0 Å². The summed E-state index contributed by atoms with van der Waals surface area (Å²) in [5, 5.41) is 7.43. The van der Waals surface area contributed by atoms with Crippen LogP contribution in [0.25, 0.3) is 0 Å². The van der Waals surface area contributed by atoms with Crippen molar-refractivity contribution in [3.05, 3.63) is 30.2 Å². The van der Waals surface area contributed by atoms with Crippen molar-refractivity contribution in [2.24, 2.45) is 0 Å². The highest BCUT2D eigenvalue weighted by Crippen LogP contribution is 2.15. The van der Waals surface area contributed by atoms with Gasteiger partial charge in [-0.25, -0.2) is 0 Å². The van der Waals surface area contributed by atoms with E-state index in [1.807, 2.05) is 6.07 Å². The van der Waals surface area contributed by atoms with E-state index in [9.17, 15) is 0 Å². The predicted molar refractivity (Wildman–Crippen MR) is 54.8 cm³/mol. The van der Waals surface area contributed by atoms with Crippen LogP contribution in [0.15, 0.2) is 29.0 Å². The van der Waals surface area contributed by atoms with E-state index < -0.39 is 0 Å². The first kappa shape index (κ1) is 9.46. The van der Waals surface area contributed by atoms with Gasteiger partial charge in [0.25, 0.3) is 0 Å². The van der Waals surface area contributed by atoms with Gasteiger partial charge >= 0.3 is 0 Å². The molecule has 0 bridgehead atoms. The standard InChI is InChI=1S/C11H16N2O/c1-9(11-7-8-14-13-11)12-10-5-3-2-4-6-10/h3,5,7-10,12H,2,4,6H2,1H3. The average molecular weight is 192 g/mol. The number of nitrogens with zero attached hydrogens (tertiary/aromatic N) is 1. The summed E-state index contributed by atoms with van der Waals surface area (Å²) in [7, 11) is 0. The highest BCUT2D eigenvalue weighted by Gasteiger charge is 2.14. The van der Waals surface area contributed by atoms with Crippen molar-refractivity contribution in [1.29, 1.82) is 0 Å². The minimum atomic E-state index is 0.265. The summed E-state index contributed by atoms with van der Waals surface area (Å²) in [4.78, 5) is 0. The summed E-state index contributed by atoms with van der Waals surface area (Å²) in [5.74, 6) is 0. The Morgan fingerprint density at radius 3 is 3.21 bits per heavy atom. The molecule has 0 spiro atoms. The number of rotatable bonds is 3. The van der Waals surface area contributed by atoms with Crippen molar-refractivity contribution in [3.63, 3.8) is 0 Å². The molecule has 3 heteroatoms. The summed E-state index contributed by atoms with van der Waals surface area (Å²) >= 11 is 0. The second-order valence-corrected chi connectivity index (χ2v) is 3.78. The largest absolute Gasteiger partial charge is 0.364 e. The van der Waals surface area contributed by atoms with Crippen molar-refractivity contribution in [1.82, 2.24) is 10.5 Å². The van der Waals surface area contributed by atoms with E-state index in [0.29, 0.717) is 6.04 Å². The fourth-order valence-electron chi connectivity index (χ4n) is 1.80. The SMILES string of the molecule is CC(NC1C=CCCC1)c1ccon1. The molecule has 1 aliphatic rings. The van der Waals surface area contributed by atoms with Gasteiger partial charge in [0, 0.05) is 12.1 Å². The molecular weight excluding hydrogens is 176 g/mol. The van der Waals surface area contributed by atoms with E-state index in [1.165, 1.54) is 19.3 Å². The van der Waals surface area contributed by atoms with Crippen LogP contribution in [0.5, 0.6) is 0 Å². The second-order valence-electron chi connectivity index (χ2n) is 3.78. The average Bonchev–Trinajstić information content (AvgIpc) is 2.72. The van der Waals surface area contributed by atoms with Gasteiger partial charge < -0.3 is 9.84 Å². The molecule has 1 aromatic heterocycles. The van der Waals surface area contributed by atoms with Gasteiger partial charge in [-0.15, -0.1) is 0 Å². The van der Waals surface area contributed by atoms with Crippen molar-refractivity contribution < 1.29 is 4.52 Å². The van der Waals surface area contributed by atoms with Crippen molar-refractivity contribution in [2.75, 3.05) is 0 Å². The Morgan fingerprint density at radius 2 is 2.57 bits per heavy atom. The maximum absolute atomic E-state index is 4.82. The molecule has 1 heterocycles. The molecule has 0 aromatic carbocycles. The molecule has 0 aliphatic heterocycles. The molecule has 14 heavy (non-hydrogen) atoms. The van der Waals surface area contributed by atoms with Gasteiger partial charge in [0.2, 0.25) is 0 Å². The molecule has 3 nitrogen and oxygen atoms in total. The number of aromatic nitrogens is 1. The zero-order chi connectivity index (χ0) is 9.80. The van der Waals surface area contributed by atoms with E-state index in [4.69, 9.17) is 4.52 Å². The molecule has 2 rings (SSSR count). The van der Waals surface area contributed by atoms with Crippen LogP contribution in [0, 0.1) is 0 Å². The quantitative estimate of drug-likeness (QED) is 0.747. The number of nitrogens with one attached hydrogen (secondary N) is 1. The lowest BCUT2D eigenvalue weighted by Crippen LogP contribution is -2.31. The number of hydrogen-bond acceptors (Lipinski definition) is 3. The van der Waals surface area contributed by atoms with Crippen molar-refractivity contribution >= 4 is 0 Å².